The second-order valence-corrected chi connectivity index (χ2v) is 11.2. The molecule has 0 spiro atoms. The van der Waals surface area contributed by atoms with Crippen molar-refractivity contribution in [2.75, 3.05) is 4.90 Å². The molecular weight excluding hydrogens is 486 g/mol. The zero-order valence-corrected chi connectivity index (χ0v) is 22.7. The van der Waals surface area contributed by atoms with Crippen LogP contribution in [0.15, 0.2) is 66.9 Å². The second-order valence-electron chi connectivity index (χ2n) is 11.2. The molecule has 6 rings (SSSR count). The Labute approximate surface area is 229 Å². The van der Waals surface area contributed by atoms with E-state index in [1.165, 1.54) is 5.69 Å². The van der Waals surface area contributed by atoms with Crippen LogP contribution in [0.5, 0.6) is 0 Å². The third-order valence-electron chi connectivity index (χ3n) is 8.30. The van der Waals surface area contributed by atoms with Gasteiger partial charge in [0.05, 0.1) is 29.1 Å². The van der Waals surface area contributed by atoms with Gasteiger partial charge in [0, 0.05) is 40.5 Å². The molecule has 2 aliphatic rings. The number of benzene rings is 2. The number of hydrogen-bond acceptors (Lipinski definition) is 5. The van der Waals surface area contributed by atoms with Crippen molar-refractivity contribution in [3.8, 4) is 11.3 Å². The molecule has 202 valence electrons. The molecule has 0 bridgehead atoms. The van der Waals surface area contributed by atoms with Crippen LogP contribution in [0, 0.1) is 5.92 Å². The van der Waals surface area contributed by atoms with E-state index < -0.39 is 0 Å². The van der Waals surface area contributed by atoms with Gasteiger partial charge in [0.1, 0.15) is 0 Å². The molecule has 1 aliphatic heterocycles. The zero-order valence-electron chi connectivity index (χ0n) is 22.7. The van der Waals surface area contributed by atoms with Gasteiger partial charge in [0.2, 0.25) is 0 Å². The molecule has 39 heavy (non-hydrogen) atoms. The molecule has 1 amide bonds. The average molecular weight is 524 g/mol. The van der Waals surface area contributed by atoms with Crippen molar-refractivity contribution in [3.05, 3.63) is 78.1 Å². The van der Waals surface area contributed by atoms with E-state index in [0.29, 0.717) is 17.5 Å². The van der Waals surface area contributed by atoms with E-state index in [1.54, 1.807) is 6.20 Å². The molecule has 2 fully saturated rings. The summed E-state index contributed by atoms with van der Waals surface area (Å²) in [7, 11) is 0. The lowest BCUT2D eigenvalue weighted by atomic mass is 9.90. The Morgan fingerprint density at radius 2 is 1.95 bits per heavy atom. The molecule has 1 saturated carbocycles. The van der Waals surface area contributed by atoms with Crippen LogP contribution in [-0.4, -0.2) is 44.4 Å². The fraction of sp³-hybridized carbons (Fsp3) is 0.406. The molecule has 0 radical (unpaired) electrons. The van der Waals surface area contributed by atoms with Crippen molar-refractivity contribution in [2.24, 2.45) is 5.92 Å². The van der Waals surface area contributed by atoms with Gasteiger partial charge in [0.25, 0.3) is 5.91 Å². The van der Waals surface area contributed by atoms with Gasteiger partial charge in [-0.25, -0.2) is 0 Å². The number of aliphatic hydroxyl groups is 1. The van der Waals surface area contributed by atoms with Gasteiger partial charge in [-0.05, 0) is 87.4 Å². The van der Waals surface area contributed by atoms with Crippen LogP contribution in [0.25, 0.3) is 22.2 Å². The summed E-state index contributed by atoms with van der Waals surface area (Å²) in [6.45, 7) is 4.41. The van der Waals surface area contributed by atoms with Gasteiger partial charge < -0.3 is 15.3 Å². The third-order valence-corrected chi connectivity index (χ3v) is 8.30. The Kier molecular flexibility index (Phi) is 7.09. The number of amides is 1. The molecule has 2 aromatic heterocycles. The van der Waals surface area contributed by atoms with Crippen molar-refractivity contribution in [2.45, 2.75) is 76.6 Å². The van der Waals surface area contributed by atoms with E-state index in [4.69, 9.17) is 0 Å². The first-order valence-corrected chi connectivity index (χ1v) is 14.3. The van der Waals surface area contributed by atoms with Crippen LogP contribution in [0.4, 0.5) is 5.69 Å². The Balaban J connectivity index is 1.25. The number of hydrogen-bond donors (Lipinski definition) is 3. The number of H-pyrrole nitrogens is 1. The third kappa shape index (κ3) is 5.28. The highest BCUT2D eigenvalue weighted by Gasteiger charge is 2.35. The number of nitrogens with zero attached hydrogens (tertiary/aromatic N) is 3. The summed E-state index contributed by atoms with van der Waals surface area (Å²) in [6.07, 6.45) is 7.55. The second kappa shape index (κ2) is 10.8. The minimum absolute atomic E-state index is 0.0689. The van der Waals surface area contributed by atoms with Crippen LogP contribution < -0.4 is 10.2 Å². The number of nitrogens with one attached hydrogen (secondary N) is 2. The van der Waals surface area contributed by atoms with Gasteiger partial charge in [-0.2, -0.15) is 5.10 Å². The number of carbonyl (C=O) groups excluding carboxylic acids is 1. The summed E-state index contributed by atoms with van der Waals surface area (Å²) in [5.41, 5.74) is 5.45. The molecule has 2 aromatic carbocycles. The number of piperidine rings is 1. The van der Waals surface area contributed by atoms with E-state index >= 15 is 0 Å². The smallest absolute Gasteiger partial charge is 0.251 e. The zero-order chi connectivity index (χ0) is 26.9. The SMILES string of the molecule is CCCC1CC(O)CC(C)N1c1ccc(-c2n[nH]c3ccc(C(=O)NC(c4ccccn4)C4CC4)cc23)cc1. The highest BCUT2D eigenvalue weighted by atomic mass is 16.3. The lowest BCUT2D eigenvalue weighted by molar-refractivity contribution is 0.0930. The first-order valence-electron chi connectivity index (χ1n) is 14.3. The van der Waals surface area contributed by atoms with Crippen LogP contribution >= 0.6 is 0 Å². The predicted molar refractivity (Wildman–Crippen MR) is 155 cm³/mol. The van der Waals surface area contributed by atoms with Gasteiger partial charge in [-0.1, -0.05) is 31.5 Å². The molecular formula is C32H37N5O2. The number of anilines is 1. The van der Waals surface area contributed by atoms with Crippen LogP contribution in [0.3, 0.4) is 0 Å². The van der Waals surface area contributed by atoms with E-state index in [-0.39, 0.29) is 24.1 Å². The summed E-state index contributed by atoms with van der Waals surface area (Å²) in [5, 5.41) is 22.2. The molecule has 7 heteroatoms. The lowest BCUT2D eigenvalue weighted by Crippen LogP contribution is -2.49. The van der Waals surface area contributed by atoms with Crippen molar-refractivity contribution < 1.29 is 9.90 Å². The Morgan fingerprint density at radius 3 is 2.67 bits per heavy atom. The number of rotatable bonds is 8. The van der Waals surface area contributed by atoms with Crippen LogP contribution in [-0.2, 0) is 0 Å². The number of carbonyl (C=O) groups is 1. The maximum Gasteiger partial charge on any atom is 0.251 e. The topological polar surface area (TPSA) is 94.1 Å². The Morgan fingerprint density at radius 1 is 1.13 bits per heavy atom. The number of aromatic nitrogens is 3. The van der Waals surface area contributed by atoms with Gasteiger partial charge in [-0.15, -0.1) is 0 Å². The highest BCUT2D eigenvalue weighted by molar-refractivity contribution is 6.01. The maximum absolute atomic E-state index is 13.3. The van der Waals surface area contributed by atoms with E-state index in [2.05, 4.69) is 63.5 Å². The summed E-state index contributed by atoms with van der Waals surface area (Å²) in [5.74, 6) is 0.351. The molecule has 3 heterocycles. The van der Waals surface area contributed by atoms with Crippen molar-refractivity contribution >= 4 is 22.5 Å². The molecule has 1 aliphatic carbocycles. The minimum Gasteiger partial charge on any atom is -0.393 e. The van der Waals surface area contributed by atoms with Gasteiger partial charge >= 0.3 is 0 Å². The number of pyridine rings is 1. The fourth-order valence-electron chi connectivity index (χ4n) is 6.26. The summed E-state index contributed by atoms with van der Waals surface area (Å²) in [6, 6.07) is 20.7. The Bertz CT molecular complexity index is 1430. The standard InChI is InChI=1S/C32H37N5O2/c1-3-6-25-19-26(38)17-20(2)37(25)24-13-10-21(11-14-24)30-27-18-23(12-15-28(27)35-36-30)32(39)34-31(22-8-9-22)29-7-4-5-16-33-29/h4-5,7,10-16,18,20,22,25-26,31,38H,3,6,8-9,17,19H2,1-2H3,(H,34,39)(H,35,36). The molecule has 1 saturated heterocycles. The maximum atomic E-state index is 13.3. The summed E-state index contributed by atoms with van der Waals surface area (Å²) < 4.78 is 0. The van der Waals surface area contributed by atoms with Crippen molar-refractivity contribution in [1.82, 2.24) is 20.5 Å². The number of aliphatic hydroxyl groups excluding tert-OH is 1. The van der Waals surface area contributed by atoms with Gasteiger partial charge in [-0.3, -0.25) is 14.9 Å². The quantitative estimate of drug-likeness (QED) is 0.262. The predicted octanol–water partition coefficient (Wildman–Crippen LogP) is 6.02. The van der Waals surface area contributed by atoms with E-state index in [9.17, 15) is 9.90 Å². The molecule has 4 atom stereocenters. The molecule has 7 nitrogen and oxygen atoms in total. The lowest BCUT2D eigenvalue weighted by Gasteiger charge is -2.44. The Hall–Kier alpha value is -3.71. The highest BCUT2D eigenvalue weighted by Crippen LogP contribution is 2.40. The van der Waals surface area contributed by atoms with Crippen LogP contribution in [0.2, 0.25) is 0 Å². The fourth-order valence-corrected chi connectivity index (χ4v) is 6.26. The summed E-state index contributed by atoms with van der Waals surface area (Å²) >= 11 is 0. The molecule has 4 aromatic rings. The monoisotopic (exact) mass is 523 g/mol. The van der Waals surface area contributed by atoms with Crippen molar-refractivity contribution in [3.63, 3.8) is 0 Å². The molecule has 4 unspecified atom stereocenters. The minimum atomic E-state index is -0.225. The molecule has 3 N–H and O–H groups in total. The first-order chi connectivity index (χ1) is 19.0. The normalized spacial score (nSPS) is 22.1. The van der Waals surface area contributed by atoms with Crippen LogP contribution in [0.1, 0.15) is 74.5 Å². The average Bonchev–Trinajstić information content (AvgIpc) is 3.70. The summed E-state index contributed by atoms with van der Waals surface area (Å²) in [4.78, 5) is 20.3. The van der Waals surface area contributed by atoms with E-state index in [0.717, 1.165) is 66.4 Å². The van der Waals surface area contributed by atoms with Crippen molar-refractivity contribution in [1.29, 1.82) is 0 Å². The first kappa shape index (κ1) is 25.6. The number of aromatic amines is 1. The van der Waals surface area contributed by atoms with E-state index in [1.807, 2.05) is 36.4 Å². The largest absolute Gasteiger partial charge is 0.393 e. The van der Waals surface area contributed by atoms with Gasteiger partial charge in [0.15, 0.2) is 0 Å². The number of fused-ring (bicyclic) bond motifs is 1.